The molecular weight excluding hydrogens is 188 g/mol. The third-order valence-electron chi connectivity index (χ3n) is 2.30. The maximum atomic E-state index is 2.27. The third kappa shape index (κ3) is 4.19. The predicted octanol–water partition coefficient (Wildman–Crippen LogP) is 4.95. The van der Waals surface area contributed by atoms with Gasteiger partial charge in [0.25, 0.3) is 0 Å². The van der Waals surface area contributed by atoms with Crippen LogP contribution in [0.15, 0.2) is 29.2 Å². The molecule has 0 spiro atoms. The van der Waals surface area contributed by atoms with Crippen molar-refractivity contribution in [2.45, 2.75) is 44.9 Å². The van der Waals surface area contributed by atoms with E-state index in [0.717, 1.165) is 0 Å². The lowest BCUT2D eigenvalue weighted by Crippen LogP contribution is -1.89. The van der Waals surface area contributed by atoms with Crippen molar-refractivity contribution in [3.05, 3.63) is 29.8 Å². The lowest BCUT2D eigenvalue weighted by atomic mass is 9.99. The second-order valence-corrected chi connectivity index (χ2v) is 3.96. The first-order chi connectivity index (χ1) is 6.77. The first kappa shape index (κ1) is 13.6. The highest BCUT2D eigenvalue weighted by Gasteiger charge is 2.01. The van der Waals surface area contributed by atoms with Crippen molar-refractivity contribution in [2.24, 2.45) is 0 Å². The Morgan fingerprint density at radius 2 is 1.64 bits per heavy atom. The van der Waals surface area contributed by atoms with Crippen LogP contribution in [-0.4, -0.2) is 6.26 Å². The zero-order valence-corrected chi connectivity index (χ0v) is 10.8. The molecule has 0 heterocycles. The van der Waals surface area contributed by atoms with Crippen LogP contribution in [-0.2, 0) is 0 Å². The van der Waals surface area contributed by atoms with E-state index in [-0.39, 0.29) is 0 Å². The van der Waals surface area contributed by atoms with Gasteiger partial charge in [-0.05, 0) is 36.3 Å². The Morgan fingerprint density at radius 3 is 2.00 bits per heavy atom. The summed E-state index contributed by atoms with van der Waals surface area (Å²) in [5.74, 6) is 0.695. The molecule has 0 aliphatic carbocycles. The number of hydrogen-bond acceptors (Lipinski definition) is 1. The molecule has 0 saturated carbocycles. The van der Waals surface area contributed by atoms with Crippen molar-refractivity contribution in [3.8, 4) is 0 Å². The monoisotopic (exact) mass is 210 g/mol. The normalized spacial score (nSPS) is 11.5. The molecule has 0 bridgehead atoms. The quantitative estimate of drug-likeness (QED) is 0.636. The Morgan fingerprint density at radius 1 is 1.14 bits per heavy atom. The summed E-state index contributed by atoms with van der Waals surface area (Å²) in [7, 11) is 0. The fraction of sp³-hybridized carbons (Fsp3) is 0.538. The fourth-order valence-corrected chi connectivity index (χ4v) is 1.58. The minimum Gasteiger partial charge on any atom is -0.130 e. The second-order valence-electron chi connectivity index (χ2n) is 3.08. The lowest BCUT2D eigenvalue weighted by Gasteiger charge is -2.08. The average Bonchev–Trinajstić information content (AvgIpc) is 2.31. The first-order valence-electron chi connectivity index (χ1n) is 5.42. The maximum Gasteiger partial charge on any atom is 0.00693 e. The highest BCUT2D eigenvalue weighted by molar-refractivity contribution is 7.98. The van der Waals surface area contributed by atoms with E-state index in [1.165, 1.54) is 16.9 Å². The van der Waals surface area contributed by atoms with E-state index in [1.807, 2.05) is 13.8 Å². The van der Waals surface area contributed by atoms with Crippen LogP contribution in [0.4, 0.5) is 0 Å². The average molecular weight is 210 g/mol. The van der Waals surface area contributed by atoms with Crippen LogP contribution < -0.4 is 0 Å². The topological polar surface area (TPSA) is 0 Å². The van der Waals surface area contributed by atoms with Gasteiger partial charge in [0.05, 0.1) is 0 Å². The molecule has 1 unspecified atom stereocenters. The van der Waals surface area contributed by atoms with Gasteiger partial charge in [0.2, 0.25) is 0 Å². The molecule has 0 aromatic heterocycles. The minimum atomic E-state index is 0.695. The summed E-state index contributed by atoms with van der Waals surface area (Å²) in [4.78, 5) is 1.35. The summed E-state index contributed by atoms with van der Waals surface area (Å²) in [6.45, 7) is 8.50. The second kappa shape index (κ2) is 7.93. The SMILES string of the molecule is CC.CCC(C)c1ccc(SC)cc1. The van der Waals surface area contributed by atoms with E-state index in [9.17, 15) is 0 Å². The van der Waals surface area contributed by atoms with Gasteiger partial charge < -0.3 is 0 Å². The summed E-state index contributed by atoms with van der Waals surface area (Å²) in [5, 5.41) is 0. The smallest absolute Gasteiger partial charge is 0.00693 e. The Balaban J connectivity index is 0.000000791. The molecule has 1 rings (SSSR count). The molecule has 0 aliphatic rings. The first-order valence-corrected chi connectivity index (χ1v) is 6.64. The van der Waals surface area contributed by atoms with Crippen LogP contribution >= 0.6 is 11.8 Å². The molecule has 14 heavy (non-hydrogen) atoms. The van der Waals surface area contributed by atoms with Crippen molar-refractivity contribution in [2.75, 3.05) is 6.26 Å². The standard InChI is InChI=1S/C11H16S.C2H6/c1-4-9(2)10-5-7-11(12-3)8-6-10;1-2/h5-9H,4H2,1-3H3;1-2H3. The Bertz CT molecular complexity index is 225. The van der Waals surface area contributed by atoms with Gasteiger partial charge in [-0.25, -0.2) is 0 Å². The van der Waals surface area contributed by atoms with E-state index in [4.69, 9.17) is 0 Å². The van der Waals surface area contributed by atoms with E-state index in [1.54, 1.807) is 11.8 Å². The fourth-order valence-electron chi connectivity index (χ4n) is 1.17. The van der Waals surface area contributed by atoms with Crippen molar-refractivity contribution in [1.82, 2.24) is 0 Å². The van der Waals surface area contributed by atoms with Gasteiger partial charge >= 0.3 is 0 Å². The maximum absolute atomic E-state index is 2.27. The molecule has 0 amide bonds. The van der Waals surface area contributed by atoms with E-state index >= 15 is 0 Å². The van der Waals surface area contributed by atoms with Crippen LogP contribution in [0.2, 0.25) is 0 Å². The molecule has 80 valence electrons. The minimum absolute atomic E-state index is 0.695. The number of hydrogen-bond donors (Lipinski definition) is 0. The summed E-state index contributed by atoms with van der Waals surface area (Å²) in [5.41, 5.74) is 1.45. The number of benzene rings is 1. The third-order valence-corrected chi connectivity index (χ3v) is 3.04. The Labute approximate surface area is 93.1 Å². The van der Waals surface area contributed by atoms with Crippen LogP contribution in [0.5, 0.6) is 0 Å². The van der Waals surface area contributed by atoms with Gasteiger partial charge in [0.15, 0.2) is 0 Å². The Kier molecular flexibility index (Phi) is 7.68. The zero-order chi connectivity index (χ0) is 11.0. The Hall–Kier alpha value is -0.430. The van der Waals surface area contributed by atoms with E-state index in [2.05, 4.69) is 44.4 Å². The highest BCUT2D eigenvalue weighted by atomic mass is 32.2. The van der Waals surface area contributed by atoms with Crippen molar-refractivity contribution >= 4 is 11.8 Å². The van der Waals surface area contributed by atoms with Gasteiger partial charge in [-0.15, -0.1) is 11.8 Å². The van der Waals surface area contributed by atoms with E-state index < -0.39 is 0 Å². The van der Waals surface area contributed by atoms with Gasteiger partial charge in [-0.1, -0.05) is 39.8 Å². The molecule has 0 N–H and O–H groups in total. The van der Waals surface area contributed by atoms with Crippen LogP contribution in [0.3, 0.4) is 0 Å². The number of rotatable bonds is 3. The van der Waals surface area contributed by atoms with Crippen LogP contribution in [0.25, 0.3) is 0 Å². The van der Waals surface area contributed by atoms with Gasteiger partial charge in [0.1, 0.15) is 0 Å². The molecule has 0 fully saturated rings. The number of thioether (sulfide) groups is 1. The van der Waals surface area contributed by atoms with Crippen molar-refractivity contribution < 1.29 is 0 Å². The molecule has 1 heteroatoms. The molecule has 0 nitrogen and oxygen atoms in total. The van der Waals surface area contributed by atoms with Crippen molar-refractivity contribution in [3.63, 3.8) is 0 Å². The largest absolute Gasteiger partial charge is 0.130 e. The predicted molar refractivity (Wildman–Crippen MR) is 68.3 cm³/mol. The molecule has 1 aromatic rings. The van der Waals surface area contributed by atoms with Gasteiger partial charge in [-0.3, -0.25) is 0 Å². The molecule has 0 radical (unpaired) electrons. The van der Waals surface area contributed by atoms with Gasteiger partial charge in [0, 0.05) is 4.90 Å². The van der Waals surface area contributed by atoms with Crippen LogP contribution in [0.1, 0.15) is 45.6 Å². The summed E-state index contributed by atoms with van der Waals surface area (Å²) in [6, 6.07) is 8.87. The lowest BCUT2D eigenvalue weighted by molar-refractivity contribution is 0.733. The summed E-state index contributed by atoms with van der Waals surface area (Å²) in [6.07, 6.45) is 3.33. The molecule has 0 aliphatic heterocycles. The molecule has 1 atom stereocenters. The molecule has 0 saturated heterocycles. The van der Waals surface area contributed by atoms with Crippen molar-refractivity contribution in [1.29, 1.82) is 0 Å². The zero-order valence-electron chi connectivity index (χ0n) is 10.0. The van der Waals surface area contributed by atoms with E-state index in [0.29, 0.717) is 5.92 Å². The molecular formula is C13H22S. The van der Waals surface area contributed by atoms with Crippen LogP contribution in [0, 0.1) is 0 Å². The molecule has 1 aromatic carbocycles. The highest BCUT2D eigenvalue weighted by Crippen LogP contribution is 2.21. The van der Waals surface area contributed by atoms with Gasteiger partial charge in [-0.2, -0.15) is 0 Å². The summed E-state index contributed by atoms with van der Waals surface area (Å²) >= 11 is 1.80. The summed E-state index contributed by atoms with van der Waals surface area (Å²) < 4.78 is 0.